The number of aromatic nitrogens is 1. The molecular formula is C12H19N3O3S. The van der Waals surface area contributed by atoms with Crippen molar-refractivity contribution in [3.8, 4) is 0 Å². The van der Waals surface area contributed by atoms with E-state index in [2.05, 4.69) is 15.6 Å². The molecule has 1 aromatic rings. The van der Waals surface area contributed by atoms with Gasteiger partial charge < -0.3 is 10.4 Å². The van der Waals surface area contributed by atoms with Crippen LogP contribution in [0, 0.1) is 12.3 Å². The van der Waals surface area contributed by atoms with Gasteiger partial charge in [-0.15, -0.1) is 11.3 Å². The molecule has 7 heteroatoms. The molecule has 0 bridgehead atoms. The molecule has 0 saturated heterocycles. The Morgan fingerprint density at radius 2 is 2.11 bits per heavy atom. The summed E-state index contributed by atoms with van der Waals surface area (Å²) in [5.41, 5.74) is 0.493. The standard InChI is InChI=1S/C12H19N3O3S/c1-7-6-19-11(13-7)15-10(18)14-8(5-9(16)17)12(2,3)4/h6,8H,5H2,1-4H3,(H,16,17)(H2,13,14,15,18). The van der Waals surface area contributed by atoms with Crippen LogP contribution in [0.25, 0.3) is 0 Å². The molecule has 3 N–H and O–H groups in total. The summed E-state index contributed by atoms with van der Waals surface area (Å²) in [6.07, 6.45) is -0.117. The highest BCUT2D eigenvalue weighted by atomic mass is 32.1. The largest absolute Gasteiger partial charge is 0.481 e. The Morgan fingerprint density at radius 3 is 2.53 bits per heavy atom. The van der Waals surface area contributed by atoms with E-state index in [-0.39, 0.29) is 11.8 Å². The smallest absolute Gasteiger partial charge is 0.321 e. The number of carbonyl (C=O) groups excluding carboxylic acids is 1. The molecule has 1 heterocycles. The normalized spacial score (nSPS) is 12.8. The van der Waals surface area contributed by atoms with Gasteiger partial charge in [-0.2, -0.15) is 0 Å². The maximum Gasteiger partial charge on any atom is 0.321 e. The molecule has 0 fully saturated rings. The van der Waals surface area contributed by atoms with Crippen molar-refractivity contribution in [2.45, 2.75) is 40.2 Å². The summed E-state index contributed by atoms with van der Waals surface area (Å²) in [6, 6.07) is -0.887. The molecule has 106 valence electrons. The van der Waals surface area contributed by atoms with Gasteiger partial charge in [0.1, 0.15) is 0 Å². The number of aryl methyl sites for hydroxylation is 1. The number of hydrogen-bond donors (Lipinski definition) is 3. The zero-order chi connectivity index (χ0) is 14.6. The number of amides is 2. The Balaban J connectivity index is 2.63. The van der Waals surface area contributed by atoms with Crippen LogP contribution in [-0.4, -0.2) is 28.1 Å². The number of nitrogens with one attached hydrogen (secondary N) is 2. The molecule has 1 atom stereocenters. The predicted molar refractivity (Wildman–Crippen MR) is 74.5 cm³/mol. The number of anilines is 1. The molecule has 1 aromatic heterocycles. The third-order valence-electron chi connectivity index (χ3n) is 2.57. The minimum Gasteiger partial charge on any atom is -0.481 e. The number of carbonyl (C=O) groups is 2. The maximum atomic E-state index is 11.8. The van der Waals surface area contributed by atoms with Gasteiger partial charge in [0.25, 0.3) is 0 Å². The zero-order valence-corrected chi connectivity index (χ0v) is 12.3. The van der Waals surface area contributed by atoms with Crippen molar-refractivity contribution >= 4 is 28.5 Å². The highest BCUT2D eigenvalue weighted by Gasteiger charge is 2.28. The Bertz CT molecular complexity index is 465. The van der Waals surface area contributed by atoms with Crippen LogP contribution in [0.4, 0.5) is 9.93 Å². The summed E-state index contributed by atoms with van der Waals surface area (Å²) in [6.45, 7) is 7.49. The Kier molecular flexibility index (Phi) is 4.88. The molecule has 0 aliphatic heterocycles. The Hall–Kier alpha value is -1.63. The van der Waals surface area contributed by atoms with Crippen LogP contribution in [0.5, 0.6) is 0 Å². The second kappa shape index (κ2) is 6.01. The van der Waals surface area contributed by atoms with Gasteiger partial charge in [-0.25, -0.2) is 9.78 Å². The zero-order valence-electron chi connectivity index (χ0n) is 11.5. The summed E-state index contributed by atoms with van der Waals surface area (Å²) in [4.78, 5) is 26.7. The van der Waals surface area contributed by atoms with E-state index in [4.69, 9.17) is 5.11 Å². The molecular weight excluding hydrogens is 266 g/mol. The van der Waals surface area contributed by atoms with Gasteiger partial charge in [0.15, 0.2) is 5.13 Å². The van der Waals surface area contributed by atoms with Crippen LogP contribution in [0.15, 0.2) is 5.38 Å². The Morgan fingerprint density at radius 1 is 1.47 bits per heavy atom. The van der Waals surface area contributed by atoms with Gasteiger partial charge in [0.05, 0.1) is 12.1 Å². The molecule has 1 rings (SSSR count). The van der Waals surface area contributed by atoms with Crippen LogP contribution in [0.3, 0.4) is 0 Å². The molecule has 0 aliphatic rings. The van der Waals surface area contributed by atoms with E-state index in [1.54, 1.807) is 0 Å². The fourth-order valence-corrected chi connectivity index (χ4v) is 2.13. The minimum atomic E-state index is -0.940. The number of rotatable bonds is 4. The van der Waals surface area contributed by atoms with Gasteiger partial charge in [0.2, 0.25) is 0 Å². The third-order valence-corrected chi connectivity index (χ3v) is 3.44. The SMILES string of the molecule is Cc1csc(NC(=O)NC(CC(=O)O)C(C)(C)C)n1. The first-order chi connectivity index (χ1) is 8.68. The first kappa shape index (κ1) is 15.4. The van der Waals surface area contributed by atoms with Crippen LogP contribution >= 0.6 is 11.3 Å². The Labute approximate surface area is 116 Å². The van der Waals surface area contributed by atoms with Crippen LogP contribution < -0.4 is 10.6 Å². The fourth-order valence-electron chi connectivity index (χ4n) is 1.45. The quantitative estimate of drug-likeness (QED) is 0.792. The summed E-state index contributed by atoms with van der Waals surface area (Å²) in [7, 11) is 0. The predicted octanol–water partition coefficient (Wildman–Crippen LogP) is 2.46. The number of aliphatic carboxylic acids is 1. The van der Waals surface area contributed by atoms with E-state index in [1.807, 2.05) is 33.1 Å². The third kappa shape index (κ3) is 5.25. The van der Waals surface area contributed by atoms with Gasteiger partial charge in [-0.1, -0.05) is 20.8 Å². The molecule has 0 saturated carbocycles. The van der Waals surface area contributed by atoms with E-state index in [0.717, 1.165) is 5.69 Å². The fraction of sp³-hybridized carbons (Fsp3) is 0.583. The monoisotopic (exact) mass is 285 g/mol. The van der Waals surface area contributed by atoms with E-state index in [9.17, 15) is 9.59 Å². The van der Waals surface area contributed by atoms with E-state index in [1.165, 1.54) is 11.3 Å². The molecule has 0 spiro atoms. The summed E-state index contributed by atoms with van der Waals surface area (Å²) < 4.78 is 0. The highest BCUT2D eigenvalue weighted by molar-refractivity contribution is 7.13. The molecule has 0 radical (unpaired) electrons. The summed E-state index contributed by atoms with van der Waals surface area (Å²) in [5.74, 6) is -0.940. The molecule has 2 amide bonds. The van der Waals surface area contributed by atoms with Crippen molar-refractivity contribution in [2.24, 2.45) is 5.41 Å². The van der Waals surface area contributed by atoms with Crippen LogP contribution in [-0.2, 0) is 4.79 Å². The molecule has 19 heavy (non-hydrogen) atoms. The lowest BCUT2D eigenvalue weighted by Crippen LogP contribution is -2.46. The van der Waals surface area contributed by atoms with E-state index >= 15 is 0 Å². The maximum absolute atomic E-state index is 11.8. The summed E-state index contributed by atoms with van der Waals surface area (Å²) >= 11 is 1.33. The topological polar surface area (TPSA) is 91.3 Å². The first-order valence-electron chi connectivity index (χ1n) is 5.90. The van der Waals surface area contributed by atoms with Gasteiger partial charge >= 0.3 is 12.0 Å². The molecule has 6 nitrogen and oxygen atoms in total. The minimum absolute atomic E-state index is 0.117. The molecule has 0 aromatic carbocycles. The van der Waals surface area contributed by atoms with Crippen molar-refractivity contribution in [1.29, 1.82) is 0 Å². The van der Waals surface area contributed by atoms with Crippen LogP contribution in [0.1, 0.15) is 32.9 Å². The number of carboxylic acids is 1. The van der Waals surface area contributed by atoms with E-state index < -0.39 is 18.0 Å². The first-order valence-corrected chi connectivity index (χ1v) is 6.78. The van der Waals surface area contributed by atoms with Crippen molar-refractivity contribution in [2.75, 3.05) is 5.32 Å². The van der Waals surface area contributed by atoms with Crippen molar-refractivity contribution in [1.82, 2.24) is 10.3 Å². The molecule has 0 aliphatic carbocycles. The van der Waals surface area contributed by atoms with Crippen molar-refractivity contribution in [3.63, 3.8) is 0 Å². The van der Waals surface area contributed by atoms with E-state index in [0.29, 0.717) is 5.13 Å². The molecule has 1 unspecified atom stereocenters. The number of urea groups is 1. The van der Waals surface area contributed by atoms with Gasteiger partial charge in [-0.05, 0) is 12.3 Å². The second-order valence-corrected chi connectivity index (χ2v) is 6.27. The average Bonchev–Trinajstić information content (AvgIpc) is 2.60. The number of hydrogen-bond acceptors (Lipinski definition) is 4. The lowest BCUT2D eigenvalue weighted by molar-refractivity contribution is -0.138. The highest BCUT2D eigenvalue weighted by Crippen LogP contribution is 2.22. The number of carboxylic acid groups (broad SMARTS) is 1. The van der Waals surface area contributed by atoms with Gasteiger partial charge in [0, 0.05) is 11.4 Å². The van der Waals surface area contributed by atoms with Crippen LogP contribution in [0.2, 0.25) is 0 Å². The number of thiazole rings is 1. The van der Waals surface area contributed by atoms with Crippen molar-refractivity contribution in [3.05, 3.63) is 11.1 Å². The summed E-state index contributed by atoms with van der Waals surface area (Å²) in [5, 5.41) is 16.5. The van der Waals surface area contributed by atoms with Crippen molar-refractivity contribution < 1.29 is 14.7 Å². The second-order valence-electron chi connectivity index (χ2n) is 5.41. The van der Waals surface area contributed by atoms with Gasteiger partial charge in [-0.3, -0.25) is 10.1 Å². The average molecular weight is 285 g/mol. The lowest BCUT2D eigenvalue weighted by atomic mass is 9.85. The lowest BCUT2D eigenvalue weighted by Gasteiger charge is -2.30. The number of nitrogens with zero attached hydrogens (tertiary/aromatic N) is 1.